The maximum atomic E-state index is 11.3. The van der Waals surface area contributed by atoms with Crippen LogP contribution in [0.1, 0.15) is 30.1 Å². The molecule has 2 aromatic rings. The fourth-order valence-corrected chi connectivity index (χ4v) is 4.73. The van der Waals surface area contributed by atoms with E-state index in [1.54, 1.807) is 37.3 Å². The van der Waals surface area contributed by atoms with Gasteiger partial charge in [-0.25, -0.2) is 0 Å². The molecule has 2 aromatic carbocycles. The van der Waals surface area contributed by atoms with Crippen molar-refractivity contribution in [3.63, 3.8) is 0 Å². The van der Waals surface area contributed by atoms with Gasteiger partial charge in [0.25, 0.3) is 5.69 Å². The minimum Gasteiger partial charge on any atom is -0.447 e. The van der Waals surface area contributed by atoms with Crippen molar-refractivity contribution in [3.8, 4) is 18.2 Å². The molecule has 2 heterocycles. The second kappa shape index (κ2) is 6.63. The second-order valence-corrected chi connectivity index (χ2v) is 7.59. The van der Waals surface area contributed by atoms with Gasteiger partial charge >= 0.3 is 0 Å². The first kappa shape index (κ1) is 20.0. The van der Waals surface area contributed by atoms with Gasteiger partial charge in [-0.3, -0.25) is 15.5 Å². The number of nitrogens with zero attached hydrogens (tertiary/aromatic N) is 4. The van der Waals surface area contributed by atoms with Crippen LogP contribution >= 0.6 is 0 Å². The summed E-state index contributed by atoms with van der Waals surface area (Å²) in [5.74, 6) is -3.05. The molecule has 9 nitrogen and oxygen atoms in total. The van der Waals surface area contributed by atoms with E-state index in [0.717, 1.165) is 0 Å². The number of non-ortho nitro benzene ring substituents is 1. The Hall–Kier alpha value is -4.26. The summed E-state index contributed by atoms with van der Waals surface area (Å²) >= 11 is 0. The Kier molecular flexibility index (Phi) is 4.29. The standard InChI is InChI=1S/C22H15N5O4/c1-20-17(14-6-3-2-4-7-14)22(13-25,19(26)31-20)21(11-23,12-24)18(30-20)15-8-5-9-16(10-15)27(28)29/h2-10,17-18,26H,1H3. The molecule has 31 heavy (non-hydrogen) atoms. The molecule has 4 rings (SSSR count). The van der Waals surface area contributed by atoms with E-state index in [4.69, 9.17) is 14.9 Å². The Morgan fingerprint density at radius 2 is 1.68 bits per heavy atom. The van der Waals surface area contributed by atoms with Gasteiger partial charge in [-0.1, -0.05) is 42.5 Å². The minimum absolute atomic E-state index is 0.174. The monoisotopic (exact) mass is 413 g/mol. The summed E-state index contributed by atoms with van der Waals surface area (Å²) in [7, 11) is 0. The molecule has 9 heteroatoms. The lowest BCUT2D eigenvalue weighted by Crippen LogP contribution is -2.57. The molecular formula is C22H15N5O4. The van der Waals surface area contributed by atoms with Crippen LogP contribution in [0.2, 0.25) is 0 Å². The zero-order valence-corrected chi connectivity index (χ0v) is 16.3. The Morgan fingerprint density at radius 3 is 2.26 bits per heavy atom. The van der Waals surface area contributed by atoms with Crippen molar-refractivity contribution in [3.05, 3.63) is 75.8 Å². The number of hydrogen-bond donors (Lipinski definition) is 1. The molecule has 0 amide bonds. The summed E-state index contributed by atoms with van der Waals surface area (Å²) < 4.78 is 11.9. The highest BCUT2D eigenvalue weighted by atomic mass is 16.7. The highest BCUT2D eigenvalue weighted by Gasteiger charge is 2.79. The number of benzene rings is 2. The van der Waals surface area contributed by atoms with Crippen molar-refractivity contribution in [1.29, 1.82) is 21.2 Å². The zero-order valence-electron chi connectivity index (χ0n) is 16.3. The molecule has 4 atom stereocenters. The van der Waals surface area contributed by atoms with Gasteiger partial charge in [-0.05, 0) is 11.1 Å². The first-order chi connectivity index (χ1) is 14.8. The second-order valence-electron chi connectivity index (χ2n) is 7.59. The average Bonchev–Trinajstić information content (AvgIpc) is 2.97. The molecular weight excluding hydrogens is 398 g/mol. The summed E-state index contributed by atoms with van der Waals surface area (Å²) in [5, 5.41) is 50.6. The predicted octanol–water partition coefficient (Wildman–Crippen LogP) is 3.72. The highest BCUT2D eigenvalue weighted by molar-refractivity contribution is 5.90. The molecule has 0 saturated carbocycles. The molecule has 0 spiro atoms. The molecule has 152 valence electrons. The number of rotatable bonds is 3. The molecule has 0 aliphatic carbocycles. The molecule has 2 aliphatic heterocycles. The van der Waals surface area contributed by atoms with E-state index in [-0.39, 0.29) is 11.3 Å². The number of hydrogen-bond acceptors (Lipinski definition) is 8. The van der Waals surface area contributed by atoms with Crippen LogP contribution in [0.4, 0.5) is 5.69 Å². The van der Waals surface area contributed by atoms with Crippen LogP contribution in [0.25, 0.3) is 0 Å². The lowest BCUT2D eigenvalue weighted by atomic mass is 9.52. The predicted molar refractivity (Wildman–Crippen MR) is 105 cm³/mol. The van der Waals surface area contributed by atoms with E-state index in [1.165, 1.54) is 24.3 Å². The number of nitrogens with one attached hydrogen (secondary N) is 1. The Bertz CT molecular complexity index is 1210. The number of fused-ring (bicyclic) bond motifs is 2. The molecule has 2 aliphatic rings. The first-order valence-corrected chi connectivity index (χ1v) is 9.28. The summed E-state index contributed by atoms with van der Waals surface area (Å²) in [5.41, 5.74) is -3.71. The molecule has 2 fully saturated rings. The largest absolute Gasteiger partial charge is 0.447 e. The van der Waals surface area contributed by atoms with E-state index in [2.05, 4.69) is 6.07 Å². The molecule has 1 N–H and O–H groups in total. The molecule has 2 bridgehead atoms. The lowest BCUT2D eigenvalue weighted by Gasteiger charge is -2.48. The van der Waals surface area contributed by atoms with E-state index in [1.807, 2.05) is 12.1 Å². The van der Waals surface area contributed by atoms with Crippen LogP contribution in [0.15, 0.2) is 54.6 Å². The van der Waals surface area contributed by atoms with Gasteiger partial charge in [-0.2, -0.15) is 15.8 Å². The fraction of sp³-hybridized carbons (Fsp3) is 0.273. The summed E-state index contributed by atoms with van der Waals surface area (Å²) in [6, 6.07) is 20.0. The maximum absolute atomic E-state index is 11.3. The van der Waals surface area contributed by atoms with Crippen LogP contribution in [-0.2, 0) is 9.47 Å². The van der Waals surface area contributed by atoms with Gasteiger partial charge in [0.05, 0.1) is 29.0 Å². The SMILES string of the molecule is CC12OC(=N)C(C#N)(C1c1ccccc1)C(C#N)(C#N)C(c1cccc([N+](=O)[O-])c1)O2. The summed E-state index contributed by atoms with van der Waals surface area (Å²) in [4.78, 5) is 10.7. The first-order valence-electron chi connectivity index (χ1n) is 9.28. The Labute approximate surface area is 177 Å². The highest BCUT2D eigenvalue weighted by Crippen LogP contribution is 2.69. The third-order valence-electron chi connectivity index (χ3n) is 6.03. The Morgan fingerprint density at radius 1 is 1.03 bits per heavy atom. The van der Waals surface area contributed by atoms with Crippen molar-refractivity contribution in [2.24, 2.45) is 10.8 Å². The third kappa shape index (κ3) is 2.40. The number of nitro benzene ring substituents is 1. The summed E-state index contributed by atoms with van der Waals surface area (Å²) in [6.45, 7) is 1.54. The smallest absolute Gasteiger partial charge is 0.269 e. The van der Waals surface area contributed by atoms with Gasteiger partial charge in [0.15, 0.2) is 5.41 Å². The van der Waals surface area contributed by atoms with Gasteiger partial charge in [0, 0.05) is 19.1 Å². The van der Waals surface area contributed by atoms with Crippen molar-refractivity contribution >= 4 is 11.6 Å². The number of nitro groups is 1. The number of nitriles is 3. The van der Waals surface area contributed by atoms with E-state index >= 15 is 0 Å². The zero-order chi connectivity index (χ0) is 22.4. The van der Waals surface area contributed by atoms with Crippen molar-refractivity contribution < 1.29 is 14.4 Å². The molecule has 2 saturated heterocycles. The quantitative estimate of drug-likeness (QED) is 0.593. The van der Waals surface area contributed by atoms with Gasteiger partial charge < -0.3 is 9.47 Å². The van der Waals surface area contributed by atoms with Crippen LogP contribution < -0.4 is 0 Å². The normalized spacial score (nSPS) is 30.3. The van der Waals surface area contributed by atoms with E-state index in [9.17, 15) is 25.9 Å². The Balaban J connectivity index is 2.03. The third-order valence-corrected chi connectivity index (χ3v) is 6.03. The minimum atomic E-state index is -2.20. The van der Waals surface area contributed by atoms with Crippen LogP contribution in [-0.4, -0.2) is 16.6 Å². The van der Waals surface area contributed by atoms with Crippen molar-refractivity contribution in [2.75, 3.05) is 0 Å². The molecule has 0 radical (unpaired) electrons. The van der Waals surface area contributed by atoms with Crippen molar-refractivity contribution in [1.82, 2.24) is 0 Å². The summed E-state index contributed by atoms with van der Waals surface area (Å²) in [6.07, 6.45) is -1.37. The van der Waals surface area contributed by atoms with Gasteiger partial charge in [0.2, 0.25) is 17.1 Å². The molecule has 4 unspecified atom stereocenters. The van der Waals surface area contributed by atoms with Crippen LogP contribution in [0.5, 0.6) is 0 Å². The van der Waals surface area contributed by atoms with Gasteiger partial charge in [-0.15, -0.1) is 0 Å². The van der Waals surface area contributed by atoms with Crippen LogP contribution in [0.3, 0.4) is 0 Å². The molecule has 0 aromatic heterocycles. The lowest BCUT2D eigenvalue weighted by molar-refractivity contribution is -0.385. The van der Waals surface area contributed by atoms with Gasteiger partial charge in [0.1, 0.15) is 6.10 Å². The van der Waals surface area contributed by atoms with E-state index in [0.29, 0.717) is 5.56 Å². The fourth-order valence-electron chi connectivity index (χ4n) is 4.73. The van der Waals surface area contributed by atoms with Crippen molar-refractivity contribution in [2.45, 2.75) is 24.7 Å². The average molecular weight is 413 g/mol. The van der Waals surface area contributed by atoms with Crippen LogP contribution in [0, 0.1) is 60.3 Å². The maximum Gasteiger partial charge on any atom is 0.269 e. The number of ether oxygens (including phenoxy) is 2. The topological polar surface area (TPSA) is 157 Å². The van der Waals surface area contributed by atoms with E-state index < -0.39 is 39.5 Å².